The number of aliphatic hydroxyl groups excluding tert-OH is 4. The van der Waals surface area contributed by atoms with E-state index in [1.807, 2.05) is 0 Å². The second-order valence-electron chi connectivity index (χ2n) is 15.0. The molecule has 0 fully saturated rings. The van der Waals surface area contributed by atoms with Gasteiger partial charge in [0.05, 0.1) is 18.8 Å². The van der Waals surface area contributed by atoms with Gasteiger partial charge in [-0.1, -0.05) is 171 Å². The van der Waals surface area contributed by atoms with Gasteiger partial charge in [0.1, 0.15) is 12.2 Å². The Labute approximate surface area is 327 Å². The summed E-state index contributed by atoms with van der Waals surface area (Å²) in [6.45, 7) is 3.91. The number of unbranched alkanes of at least 4 members (excludes halogenated alkanes) is 20. The predicted octanol–water partition coefficient (Wildman–Crippen LogP) is 11.7. The largest absolute Gasteiger partial charge is 0.394 e. The molecular formula is C47H85NO5. The van der Waals surface area contributed by atoms with Gasteiger partial charge in [-0.3, -0.25) is 4.79 Å². The van der Waals surface area contributed by atoms with E-state index in [4.69, 9.17) is 0 Å². The summed E-state index contributed by atoms with van der Waals surface area (Å²) >= 11 is 0. The van der Waals surface area contributed by atoms with E-state index in [-0.39, 0.29) is 0 Å². The lowest BCUT2D eigenvalue weighted by Crippen LogP contribution is -2.53. The molecule has 0 aromatic carbocycles. The molecule has 5 N–H and O–H groups in total. The number of carbonyl (C=O) groups is 1. The molecule has 1 amide bonds. The van der Waals surface area contributed by atoms with Crippen LogP contribution in [0.2, 0.25) is 0 Å². The Morgan fingerprint density at radius 1 is 0.491 bits per heavy atom. The third-order valence-corrected chi connectivity index (χ3v) is 9.92. The zero-order valence-electron chi connectivity index (χ0n) is 34.5. The normalized spacial score (nSPS) is 14.8. The second-order valence-corrected chi connectivity index (χ2v) is 15.0. The van der Waals surface area contributed by atoms with E-state index in [0.717, 1.165) is 64.2 Å². The molecule has 6 nitrogen and oxygen atoms in total. The Hall–Kier alpha value is -1.99. The number of amides is 1. The molecule has 0 aliphatic carbocycles. The van der Waals surface area contributed by atoms with Gasteiger partial charge >= 0.3 is 0 Å². The molecule has 0 bridgehead atoms. The van der Waals surface area contributed by atoms with Gasteiger partial charge in [0.2, 0.25) is 5.91 Å². The fraction of sp³-hybridized carbons (Fsp3) is 0.766. The standard InChI is InChI=1S/C47H85NO5/c1-3-5-7-9-11-13-15-17-19-21-22-23-25-27-29-31-33-35-37-39-41-45(51)47(53)48-43(42-49)46(52)44(50)40-38-36-34-32-30-28-26-24-20-18-16-14-12-10-8-6-4-2/h5,7,11,13-14,16,24,26,32,34,43-46,49-52H,3-4,6,8-10,12,15,17-23,25,27-31,33,35-42H2,1-2H3,(H,48,53)/b7-5-,13-11-,16-14+,26-24+,34-32+. The molecule has 6 heteroatoms. The average molecular weight is 744 g/mol. The molecular weight excluding hydrogens is 659 g/mol. The van der Waals surface area contributed by atoms with Crippen molar-refractivity contribution in [3.05, 3.63) is 60.8 Å². The smallest absolute Gasteiger partial charge is 0.249 e. The number of allylic oxidation sites excluding steroid dienone is 10. The van der Waals surface area contributed by atoms with Gasteiger partial charge in [0.25, 0.3) is 0 Å². The van der Waals surface area contributed by atoms with E-state index < -0.39 is 36.9 Å². The van der Waals surface area contributed by atoms with Crippen LogP contribution in [0.5, 0.6) is 0 Å². The Kier molecular flexibility index (Phi) is 39.6. The van der Waals surface area contributed by atoms with E-state index in [9.17, 15) is 25.2 Å². The third-order valence-electron chi connectivity index (χ3n) is 9.92. The highest BCUT2D eigenvalue weighted by molar-refractivity contribution is 5.80. The van der Waals surface area contributed by atoms with Crippen LogP contribution in [0.15, 0.2) is 60.8 Å². The first-order valence-corrected chi connectivity index (χ1v) is 22.2. The van der Waals surface area contributed by atoms with Gasteiger partial charge < -0.3 is 25.7 Å². The van der Waals surface area contributed by atoms with Crippen molar-refractivity contribution in [2.45, 2.75) is 224 Å². The lowest BCUT2D eigenvalue weighted by Gasteiger charge is -2.27. The van der Waals surface area contributed by atoms with Crippen LogP contribution in [0.25, 0.3) is 0 Å². The Morgan fingerprint density at radius 3 is 1.40 bits per heavy atom. The van der Waals surface area contributed by atoms with E-state index in [1.54, 1.807) is 0 Å². The second kappa shape index (κ2) is 41.2. The maximum atomic E-state index is 12.5. The summed E-state index contributed by atoms with van der Waals surface area (Å²) < 4.78 is 0. The molecule has 0 radical (unpaired) electrons. The Balaban J connectivity index is 3.81. The molecule has 308 valence electrons. The average Bonchev–Trinajstić information content (AvgIpc) is 3.16. The molecule has 0 saturated heterocycles. The Bertz CT molecular complexity index is 926. The van der Waals surface area contributed by atoms with Crippen LogP contribution in [-0.4, -0.2) is 57.3 Å². The fourth-order valence-electron chi connectivity index (χ4n) is 6.41. The van der Waals surface area contributed by atoms with E-state index in [0.29, 0.717) is 19.3 Å². The summed E-state index contributed by atoms with van der Waals surface area (Å²) in [4.78, 5) is 12.5. The van der Waals surface area contributed by atoms with Crippen LogP contribution < -0.4 is 5.32 Å². The molecule has 4 atom stereocenters. The number of hydrogen-bond donors (Lipinski definition) is 5. The first kappa shape index (κ1) is 51.0. The minimum Gasteiger partial charge on any atom is -0.394 e. The fourth-order valence-corrected chi connectivity index (χ4v) is 6.41. The number of hydrogen-bond acceptors (Lipinski definition) is 5. The topological polar surface area (TPSA) is 110 Å². The molecule has 53 heavy (non-hydrogen) atoms. The highest BCUT2D eigenvalue weighted by Crippen LogP contribution is 2.15. The molecule has 0 aliphatic rings. The van der Waals surface area contributed by atoms with Gasteiger partial charge in [-0.2, -0.15) is 0 Å². The highest BCUT2D eigenvalue weighted by atomic mass is 16.3. The Morgan fingerprint density at radius 2 is 0.906 bits per heavy atom. The minimum absolute atomic E-state index is 0.355. The molecule has 0 aromatic heterocycles. The summed E-state index contributed by atoms with van der Waals surface area (Å²) in [6.07, 6.45) is 51.0. The molecule has 0 heterocycles. The van der Waals surface area contributed by atoms with Gasteiger partial charge in [0, 0.05) is 0 Å². The van der Waals surface area contributed by atoms with Crippen LogP contribution in [0.4, 0.5) is 0 Å². The van der Waals surface area contributed by atoms with Crippen LogP contribution in [-0.2, 0) is 4.79 Å². The van der Waals surface area contributed by atoms with Crippen molar-refractivity contribution in [1.29, 1.82) is 0 Å². The lowest BCUT2D eigenvalue weighted by molar-refractivity contribution is -0.132. The van der Waals surface area contributed by atoms with Crippen molar-refractivity contribution in [2.24, 2.45) is 0 Å². The monoisotopic (exact) mass is 744 g/mol. The van der Waals surface area contributed by atoms with Crippen molar-refractivity contribution >= 4 is 5.91 Å². The van der Waals surface area contributed by atoms with E-state index in [2.05, 4.69) is 79.9 Å². The van der Waals surface area contributed by atoms with Gasteiger partial charge in [0.15, 0.2) is 0 Å². The summed E-state index contributed by atoms with van der Waals surface area (Å²) in [7, 11) is 0. The van der Waals surface area contributed by atoms with E-state index >= 15 is 0 Å². The number of carbonyl (C=O) groups excluding carboxylic acids is 1. The summed E-state index contributed by atoms with van der Waals surface area (Å²) in [6, 6.07) is -1.01. The third kappa shape index (κ3) is 35.5. The minimum atomic E-state index is -1.29. The molecule has 0 rings (SSSR count). The molecule has 0 aromatic rings. The first-order valence-electron chi connectivity index (χ1n) is 22.2. The van der Waals surface area contributed by atoms with Crippen molar-refractivity contribution in [3.63, 3.8) is 0 Å². The summed E-state index contributed by atoms with van der Waals surface area (Å²) in [5.74, 6) is -0.603. The first-order chi connectivity index (χ1) is 26.0. The van der Waals surface area contributed by atoms with Gasteiger partial charge in [-0.05, 0) is 89.9 Å². The maximum Gasteiger partial charge on any atom is 0.249 e. The zero-order chi connectivity index (χ0) is 38.9. The molecule has 0 aliphatic heterocycles. The zero-order valence-corrected chi connectivity index (χ0v) is 34.5. The van der Waals surface area contributed by atoms with Gasteiger partial charge in [-0.15, -0.1) is 0 Å². The maximum absolute atomic E-state index is 12.5. The number of aliphatic hydroxyl groups is 4. The van der Waals surface area contributed by atoms with Crippen molar-refractivity contribution < 1.29 is 25.2 Å². The number of rotatable bonds is 39. The molecule has 4 unspecified atom stereocenters. The summed E-state index contributed by atoms with van der Waals surface area (Å²) in [5.41, 5.74) is 0. The van der Waals surface area contributed by atoms with Crippen LogP contribution >= 0.6 is 0 Å². The van der Waals surface area contributed by atoms with Gasteiger partial charge in [-0.25, -0.2) is 0 Å². The predicted molar refractivity (Wildman–Crippen MR) is 228 cm³/mol. The summed E-state index contributed by atoms with van der Waals surface area (Å²) in [5, 5.41) is 43.7. The van der Waals surface area contributed by atoms with Crippen molar-refractivity contribution in [1.82, 2.24) is 5.32 Å². The van der Waals surface area contributed by atoms with E-state index in [1.165, 1.54) is 103 Å². The highest BCUT2D eigenvalue weighted by Gasteiger charge is 2.28. The van der Waals surface area contributed by atoms with Crippen LogP contribution in [0.1, 0.15) is 200 Å². The lowest BCUT2D eigenvalue weighted by atomic mass is 10.00. The van der Waals surface area contributed by atoms with Crippen molar-refractivity contribution in [2.75, 3.05) is 6.61 Å². The van der Waals surface area contributed by atoms with Crippen LogP contribution in [0.3, 0.4) is 0 Å². The molecule has 0 spiro atoms. The number of nitrogens with one attached hydrogen (secondary N) is 1. The van der Waals surface area contributed by atoms with Crippen LogP contribution in [0, 0.1) is 0 Å². The molecule has 0 saturated carbocycles. The SMILES string of the molecule is CC/C=C\C/C=C\CCCCCCCCCCCCCCCC(O)C(=O)NC(CO)C(O)C(O)CCC/C=C/CC/C=C/CC/C=C/CCCCCC. The van der Waals surface area contributed by atoms with Crippen molar-refractivity contribution in [3.8, 4) is 0 Å². The quantitative estimate of drug-likeness (QED) is 0.0318.